The van der Waals surface area contributed by atoms with E-state index in [2.05, 4.69) is 26.0 Å². The van der Waals surface area contributed by atoms with Gasteiger partial charge in [-0.1, -0.05) is 13.3 Å². The Balaban J connectivity index is 2.45. The van der Waals surface area contributed by atoms with Gasteiger partial charge in [-0.25, -0.2) is 0 Å². The summed E-state index contributed by atoms with van der Waals surface area (Å²) in [5.74, 6) is 0.901. The molecule has 76 valence electrons. The summed E-state index contributed by atoms with van der Waals surface area (Å²) in [5.41, 5.74) is 1.42. The molecule has 0 spiro atoms. The molecule has 0 aliphatic heterocycles. The van der Waals surface area contributed by atoms with E-state index in [1.165, 1.54) is 37.8 Å². The van der Waals surface area contributed by atoms with Crippen LogP contribution in [0.1, 0.15) is 46.0 Å². The van der Waals surface area contributed by atoms with Crippen molar-refractivity contribution in [2.24, 2.45) is 11.0 Å². The van der Waals surface area contributed by atoms with Crippen molar-refractivity contribution >= 4 is 5.71 Å². The molecule has 1 aliphatic carbocycles. The highest BCUT2D eigenvalue weighted by molar-refractivity contribution is 5.85. The summed E-state index contributed by atoms with van der Waals surface area (Å²) < 4.78 is 0. The van der Waals surface area contributed by atoms with Crippen LogP contribution in [-0.2, 0) is 0 Å². The van der Waals surface area contributed by atoms with Crippen molar-refractivity contribution in [2.45, 2.75) is 46.0 Å². The third kappa shape index (κ3) is 3.37. The first-order valence-electron chi connectivity index (χ1n) is 5.53. The fourth-order valence-corrected chi connectivity index (χ4v) is 1.88. The normalized spacial score (nSPS) is 26.4. The van der Waals surface area contributed by atoms with Crippen molar-refractivity contribution < 1.29 is 0 Å². The Bertz CT molecular complexity index is 175. The molecule has 1 fully saturated rings. The van der Waals surface area contributed by atoms with Gasteiger partial charge in [0.2, 0.25) is 0 Å². The SMILES string of the molecule is CCC1CCC/C(=N\N(C)CC)C1. The molecule has 0 aromatic carbocycles. The van der Waals surface area contributed by atoms with Gasteiger partial charge in [0, 0.05) is 19.3 Å². The lowest BCUT2D eigenvalue weighted by molar-refractivity contribution is 0.363. The summed E-state index contributed by atoms with van der Waals surface area (Å²) >= 11 is 0. The molecule has 1 rings (SSSR count). The molecule has 0 heterocycles. The highest BCUT2D eigenvalue weighted by Gasteiger charge is 2.16. The lowest BCUT2D eigenvalue weighted by Gasteiger charge is -2.23. The highest BCUT2D eigenvalue weighted by atomic mass is 15.4. The lowest BCUT2D eigenvalue weighted by atomic mass is 9.86. The molecule has 0 aromatic heterocycles. The molecule has 0 bridgehead atoms. The first kappa shape index (κ1) is 10.6. The fraction of sp³-hybridized carbons (Fsp3) is 0.909. The second-order valence-electron chi connectivity index (χ2n) is 4.01. The zero-order chi connectivity index (χ0) is 9.68. The van der Waals surface area contributed by atoms with Crippen molar-refractivity contribution in [1.82, 2.24) is 5.01 Å². The predicted octanol–water partition coefficient (Wildman–Crippen LogP) is 2.89. The number of nitrogens with zero attached hydrogens (tertiary/aromatic N) is 2. The van der Waals surface area contributed by atoms with Crippen molar-refractivity contribution in [3.8, 4) is 0 Å². The monoisotopic (exact) mass is 182 g/mol. The molecule has 0 saturated heterocycles. The number of hydrogen-bond donors (Lipinski definition) is 0. The van der Waals surface area contributed by atoms with Crippen LogP contribution in [0.4, 0.5) is 0 Å². The summed E-state index contributed by atoms with van der Waals surface area (Å²) in [6.45, 7) is 5.45. The summed E-state index contributed by atoms with van der Waals surface area (Å²) in [6.07, 6.45) is 6.52. The molecule has 0 aromatic rings. The molecule has 0 N–H and O–H groups in total. The molecule has 1 unspecified atom stereocenters. The third-order valence-electron chi connectivity index (χ3n) is 2.95. The van der Waals surface area contributed by atoms with E-state index in [0.717, 1.165) is 12.5 Å². The molecule has 13 heavy (non-hydrogen) atoms. The molecule has 1 atom stereocenters. The van der Waals surface area contributed by atoms with Crippen LogP contribution >= 0.6 is 0 Å². The summed E-state index contributed by atoms with van der Waals surface area (Å²) in [5, 5.41) is 6.65. The average molecular weight is 182 g/mol. The van der Waals surface area contributed by atoms with Crippen LogP contribution in [0.5, 0.6) is 0 Å². The van der Waals surface area contributed by atoms with Gasteiger partial charge in [0.05, 0.1) is 0 Å². The second-order valence-corrected chi connectivity index (χ2v) is 4.01. The Hall–Kier alpha value is -0.530. The molecule has 0 amide bonds. The van der Waals surface area contributed by atoms with Gasteiger partial charge in [-0.3, -0.25) is 0 Å². The number of hydrazone groups is 1. The second kappa shape index (κ2) is 5.25. The molecule has 1 aliphatic rings. The summed E-state index contributed by atoms with van der Waals surface area (Å²) in [7, 11) is 2.06. The van der Waals surface area contributed by atoms with E-state index in [1.54, 1.807) is 0 Å². The maximum atomic E-state index is 4.60. The Morgan fingerprint density at radius 2 is 2.23 bits per heavy atom. The van der Waals surface area contributed by atoms with Crippen molar-refractivity contribution in [1.29, 1.82) is 0 Å². The van der Waals surface area contributed by atoms with Crippen LogP contribution in [-0.4, -0.2) is 24.3 Å². The van der Waals surface area contributed by atoms with Gasteiger partial charge in [0.25, 0.3) is 0 Å². The first-order valence-corrected chi connectivity index (χ1v) is 5.53. The minimum atomic E-state index is 0.901. The van der Waals surface area contributed by atoms with Gasteiger partial charge in [-0.2, -0.15) is 5.10 Å². The minimum absolute atomic E-state index is 0.901. The topological polar surface area (TPSA) is 15.6 Å². The van der Waals surface area contributed by atoms with E-state index in [0.29, 0.717) is 0 Å². The Morgan fingerprint density at radius 1 is 1.46 bits per heavy atom. The first-order chi connectivity index (χ1) is 6.26. The van der Waals surface area contributed by atoms with Crippen LogP contribution < -0.4 is 0 Å². The maximum Gasteiger partial charge on any atom is 0.0383 e. The average Bonchev–Trinajstić information content (AvgIpc) is 2.18. The van der Waals surface area contributed by atoms with E-state index >= 15 is 0 Å². The zero-order valence-corrected chi connectivity index (χ0v) is 9.21. The quantitative estimate of drug-likeness (QED) is 0.613. The Kier molecular flexibility index (Phi) is 4.26. The van der Waals surface area contributed by atoms with E-state index < -0.39 is 0 Å². The van der Waals surface area contributed by atoms with Gasteiger partial charge in [-0.15, -0.1) is 0 Å². The molecule has 1 saturated carbocycles. The third-order valence-corrected chi connectivity index (χ3v) is 2.95. The van der Waals surface area contributed by atoms with Crippen LogP contribution in [0.15, 0.2) is 5.10 Å². The van der Waals surface area contributed by atoms with Crippen molar-refractivity contribution in [3.05, 3.63) is 0 Å². The molecular formula is C11H22N2. The van der Waals surface area contributed by atoms with Crippen LogP contribution in [0.3, 0.4) is 0 Å². The minimum Gasteiger partial charge on any atom is -0.300 e. The molecule has 0 radical (unpaired) electrons. The van der Waals surface area contributed by atoms with Crippen LogP contribution in [0, 0.1) is 5.92 Å². The van der Waals surface area contributed by atoms with Gasteiger partial charge in [0.15, 0.2) is 0 Å². The van der Waals surface area contributed by atoms with Crippen molar-refractivity contribution in [3.63, 3.8) is 0 Å². The molecule has 2 nitrogen and oxygen atoms in total. The molecular weight excluding hydrogens is 160 g/mol. The number of hydrogen-bond acceptors (Lipinski definition) is 2. The lowest BCUT2D eigenvalue weighted by Crippen LogP contribution is -2.19. The standard InChI is InChI=1S/C11H22N2/c1-4-10-7-6-8-11(9-10)12-13(3)5-2/h10H,4-9H2,1-3H3/b12-11+. The van der Waals surface area contributed by atoms with E-state index in [9.17, 15) is 0 Å². The van der Waals surface area contributed by atoms with Crippen LogP contribution in [0.25, 0.3) is 0 Å². The smallest absolute Gasteiger partial charge is 0.0383 e. The van der Waals surface area contributed by atoms with Gasteiger partial charge in [-0.05, 0) is 38.5 Å². The largest absolute Gasteiger partial charge is 0.300 e. The van der Waals surface area contributed by atoms with Gasteiger partial charge >= 0.3 is 0 Å². The highest BCUT2D eigenvalue weighted by Crippen LogP contribution is 2.24. The molecule has 2 heteroatoms. The Morgan fingerprint density at radius 3 is 2.85 bits per heavy atom. The van der Waals surface area contributed by atoms with E-state index in [1.807, 2.05) is 5.01 Å². The number of rotatable bonds is 3. The summed E-state index contributed by atoms with van der Waals surface area (Å²) in [6, 6.07) is 0. The summed E-state index contributed by atoms with van der Waals surface area (Å²) in [4.78, 5) is 0. The predicted molar refractivity (Wildman–Crippen MR) is 58.0 cm³/mol. The van der Waals surface area contributed by atoms with Gasteiger partial charge < -0.3 is 5.01 Å². The zero-order valence-electron chi connectivity index (χ0n) is 9.21. The van der Waals surface area contributed by atoms with E-state index in [-0.39, 0.29) is 0 Å². The van der Waals surface area contributed by atoms with Crippen LogP contribution in [0.2, 0.25) is 0 Å². The fourth-order valence-electron chi connectivity index (χ4n) is 1.88. The Labute approximate surface area is 82.0 Å². The van der Waals surface area contributed by atoms with E-state index in [4.69, 9.17) is 0 Å². The maximum absolute atomic E-state index is 4.60. The van der Waals surface area contributed by atoms with Crippen molar-refractivity contribution in [2.75, 3.05) is 13.6 Å². The van der Waals surface area contributed by atoms with Gasteiger partial charge in [0.1, 0.15) is 0 Å².